The van der Waals surface area contributed by atoms with Crippen LogP contribution < -0.4 is 5.73 Å². The van der Waals surface area contributed by atoms with Gasteiger partial charge in [0.05, 0.1) is 17.6 Å². The van der Waals surface area contributed by atoms with Crippen molar-refractivity contribution in [3.8, 4) is 6.07 Å². The van der Waals surface area contributed by atoms with Crippen LogP contribution >= 0.6 is 0 Å². The predicted octanol–water partition coefficient (Wildman–Crippen LogP) is -1.50. The SMILES string of the molecule is N#Cc1cn([C@@H]2O[C@@H](CO)[C@H](O)[C@H]2O)c2ncnc(N)c12. The minimum Gasteiger partial charge on any atom is -0.394 e. The molecule has 2 aromatic heterocycles. The summed E-state index contributed by atoms with van der Waals surface area (Å²) in [5.74, 6) is 0.141. The van der Waals surface area contributed by atoms with Crippen molar-refractivity contribution in [3.63, 3.8) is 0 Å². The Morgan fingerprint density at radius 3 is 2.76 bits per heavy atom. The van der Waals surface area contributed by atoms with Gasteiger partial charge in [0.15, 0.2) is 6.23 Å². The third-order valence-corrected chi connectivity index (χ3v) is 3.55. The van der Waals surface area contributed by atoms with E-state index in [1.807, 2.05) is 6.07 Å². The minimum atomic E-state index is -1.26. The third-order valence-electron chi connectivity index (χ3n) is 3.55. The summed E-state index contributed by atoms with van der Waals surface area (Å²) in [7, 11) is 0. The quantitative estimate of drug-likeness (QED) is 0.521. The molecule has 3 rings (SSSR count). The highest BCUT2D eigenvalue weighted by Crippen LogP contribution is 2.34. The molecule has 0 saturated carbocycles. The lowest BCUT2D eigenvalue weighted by atomic mass is 10.1. The Hall–Kier alpha value is -2.25. The summed E-state index contributed by atoms with van der Waals surface area (Å²) in [6.45, 7) is -0.434. The van der Waals surface area contributed by atoms with Crippen molar-refractivity contribution >= 4 is 16.9 Å². The lowest BCUT2D eigenvalue weighted by molar-refractivity contribution is -0.0508. The maximum atomic E-state index is 10.1. The van der Waals surface area contributed by atoms with Gasteiger partial charge in [0.25, 0.3) is 0 Å². The number of nitrogens with zero attached hydrogens (tertiary/aromatic N) is 4. The summed E-state index contributed by atoms with van der Waals surface area (Å²) in [6, 6.07) is 1.98. The number of anilines is 1. The van der Waals surface area contributed by atoms with Gasteiger partial charge in [-0.2, -0.15) is 5.26 Å². The molecule has 9 heteroatoms. The number of nitrogens with two attached hydrogens (primary N) is 1. The van der Waals surface area contributed by atoms with Crippen molar-refractivity contribution in [2.24, 2.45) is 0 Å². The number of hydrogen-bond acceptors (Lipinski definition) is 8. The Labute approximate surface area is 118 Å². The lowest BCUT2D eigenvalue weighted by Crippen LogP contribution is -2.33. The van der Waals surface area contributed by atoms with Crippen molar-refractivity contribution in [2.75, 3.05) is 12.3 Å². The number of nitrogen functional groups attached to an aromatic ring is 1. The fourth-order valence-corrected chi connectivity index (χ4v) is 2.50. The normalized spacial score (nSPS) is 28.9. The van der Waals surface area contributed by atoms with Gasteiger partial charge in [-0.3, -0.25) is 0 Å². The zero-order valence-corrected chi connectivity index (χ0v) is 10.8. The summed E-state index contributed by atoms with van der Waals surface area (Å²) in [5, 5.41) is 38.5. The smallest absolute Gasteiger partial charge is 0.164 e. The second kappa shape index (κ2) is 4.94. The molecule has 1 fully saturated rings. The van der Waals surface area contributed by atoms with Crippen molar-refractivity contribution in [1.82, 2.24) is 14.5 Å². The van der Waals surface area contributed by atoms with E-state index in [9.17, 15) is 10.2 Å². The molecular formula is C12H13N5O4. The number of fused-ring (bicyclic) bond motifs is 1. The highest BCUT2D eigenvalue weighted by atomic mass is 16.6. The van der Waals surface area contributed by atoms with Gasteiger partial charge < -0.3 is 30.4 Å². The van der Waals surface area contributed by atoms with Crippen LogP contribution in [0.5, 0.6) is 0 Å². The van der Waals surface area contributed by atoms with Crippen LogP contribution in [0, 0.1) is 11.3 Å². The summed E-state index contributed by atoms with van der Waals surface area (Å²) in [4.78, 5) is 7.88. The molecule has 2 aromatic rings. The van der Waals surface area contributed by atoms with Crippen LogP contribution in [0.25, 0.3) is 11.0 Å². The van der Waals surface area contributed by atoms with E-state index >= 15 is 0 Å². The topological polar surface area (TPSA) is 150 Å². The van der Waals surface area contributed by atoms with Gasteiger partial charge in [-0.15, -0.1) is 0 Å². The second-order valence-electron chi connectivity index (χ2n) is 4.75. The van der Waals surface area contributed by atoms with Crippen LogP contribution in [-0.4, -0.2) is 54.8 Å². The molecule has 0 spiro atoms. The molecule has 0 unspecified atom stereocenters. The summed E-state index contributed by atoms with van der Waals surface area (Å²) >= 11 is 0. The average molecular weight is 291 g/mol. The van der Waals surface area contributed by atoms with Gasteiger partial charge in [-0.1, -0.05) is 0 Å². The van der Waals surface area contributed by atoms with Gasteiger partial charge in [0, 0.05) is 6.20 Å². The zero-order chi connectivity index (χ0) is 15.1. The molecule has 0 amide bonds. The van der Waals surface area contributed by atoms with Crippen LogP contribution in [-0.2, 0) is 4.74 Å². The van der Waals surface area contributed by atoms with Gasteiger partial charge in [-0.25, -0.2) is 9.97 Å². The zero-order valence-electron chi connectivity index (χ0n) is 10.8. The Balaban J connectivity index is 2.14. The van der Waals surface area contributed by atoms with Crippen molar-refractivity contribution < 1.29 is 20.1 Å². The van der Waals surface area contributed by atoms with Crippen LogP contribution in [0.2, 0.25) is 0 Å². The van der Waals surface area contributed by atoms with E-state index in [4.69, 9.17) is 20.8 Å². The molecule has 3 heterocycles. The Morgan fingerprint density at radius 2 is 2.14 bits per heavy atom. The van der Waals surface area contributed by atoms with E-state index in [1.165, 1.54) is 17.1 Å². The Bertz CT molecular complexity index is 724. The average Bonchev–Trinajstić information content (AvgIpc) is 2.99. The molecule has 0 radical (unpaired) electrons. The molecule has 0 aromatic carbocycles. The maximum Gasteiger partial charge on any atom is 0.164 e. The molecule has 1 aliphatic heterocycles. The lowest BCUT2D eigenvalue weighted by Gasteiger charge is -2.17. The number of aliphatic hydroxyl groups excluding tert-OH is 3. The summed E-state index contributed by atoms with van der Waals surface area (Å²) in [5.41, 5.74) is 6.30. The van der Waals surface area contributed by atoms with Crippen LogP contribution in [0.15, 0.2) is 12.5 Å². The number of aliphatic hydroxyl groups is 3. The van der Waals surface area contributed by atoms with Gasteiger partial charge in [0.1, 0.15) is 42.2 Å². The van der Waals surface area contributed by atoms with Crippen molar-refractivity contribution in [1.29, 1.82) is 5.26 Å². The monoisotopic (exact) mass is 291 g/mol. The van der Waals surface area contributed by atoms with E-state index in [1.54, 1.807) is 0 Å². The predicted molar refractivity (Wildman–Crippen MR) is 69.7 cm³/mol. The number of ether oxygens (including phenoxy) is 1. The van der Waals surface area contributed by atoms with E-state index in [2.05, 4.69) is 9.97 Å². The summed E-state index contributed by atoms with van der Waals surface area (Å²) in [6.07, 6.45) is -1.72. The largest absolute Gasteiger partial charge is 0.394 e. The first-order valence-electron chi connectivity index (χ1n) is 6.22. The van der Waals surface area contributed by atoms with Gasteiger partial charge in [0.2, 0.25) is 0 Å². The minimum absolute atomic E-state index is 0.141. The fourth-order valence-electron chi connectivity index (χ4n) is 2.50. The van der Waals surface area contributed by atoms with Crippen molar-refractivity contribution in [3.05, 3.63) is 18.1 Å². The molecule has 1 saturated heterocycles. The van der Waals surface area contributed by atoms with Gasteiger partial charge in [-0.05, 0) is 0 Å². The Morgan fingerprint density at radius 1 is 1.38 bits per heavy atom. The van der Waals surface area contributed by atoms with E-state index in [0.29, 0.717) is 11.0 Å². The molecule has 5 N–H and O–H groups in total. The highest BCUT2D eigenvalue weighted by molar-refractivity contribution is 5.91. The Kier molecular flexibility index (Phi) is 3.23. The highest BCUT2D eigenvalue weighted by Gasteiger charge is 2.44. The molecule has 0 aliphatic carbocycles. The number of rotatable bonds is 2. The standard InChI is InChI=1S/C12H13N5O4/c13-1-5-2-17(11-7(5)10(14)15-4-16-11)12-9(20)8(19)6(3-18)21-12/h2,4,6,8-9,12,18-20H,3H2,(H2,14,15,16)/t6-,8-,9+,12+/m0/s1. The number of nitriles is 1. The molecule has 110 valence electrons. The fraction of sp³-hybridized carbons (Fsp3) is 0.417. The molecule has 0 bridgehead atoms. The van der Waals surface area contributed by atoms with Crippen LogP contribution in [0.3, 0.4) is 0 Å². The van der Waals surface area contributed by atoms with Gasteiger partial charge >= 0.3 is 0 Å². The van der Waals surface area contributed by atoms with Crippen LogP contribution in [0.4, 0.5) is 5.82 Å². The first-order chi connectivity index (χ1) is 10.1. The molecule has 9 nitrogen and oxygen atoms in total. The third kappa shape index (κ3) is 1.93. The first-order valence-corrected chi connectivity index (χ1v) is 6.22. The molecule has 4 atom stereocenters. The molecule has 21 heavy (non-hydrogen) atoms. The van der Waals surface area contributed by atoms with E-state index < -0.39 is 31.1 Å². The van der Waals surface area contributed by atoms with E-state index in [-0.39, 0.29) is 11.4 Å². The maximum absolute atomic E-state index is 10.1. The molecular weight excluding hydrogens is 278 g/mol. The number of aromatic nitrogens is 3. The van der Waals surface area contributed by atoms with E-state index in [0.717, 1.165) is 0 Å². The van der Waals surface area contributed by atoms with Crippen LogP contribution in [0.1, 0.15) is 11.8 Å². The summed E-state index contributed by atoms with van der Waals surface area (Å²) < 4.78 is 6.84. The number of hydrogen-bond donors (Lipinski definition) is 4. The first kappa shape index (κ1) is 13.7. The second-order valence-corrected chi connectivity index (χ2v) is 4.75. The molecule has 1 aliphatic rings. The van der Waals surface area contributed by atoms with Crippen molar-refractivity contribution in [2.45, 2.75) is 24.5 Å².